The smallest absolute Gasteiger partial charge is 0.253 e. The Bertz CT molecular complexity index is 477. The molecule has 1 amide bonds. The van der Waals surface area contributed by atoms with E-state index in [1.807, 2.05) is 26.0 Å². The Balaban J connectivity index is 2.94. The average Bonchev–Trinajstić information content (AvgIpc) is 2.28. The quantitative estimate of drug-likeness (QED) is 0.772. The van der Waals surface area contributed by atoms with E-state index in [0.29, 0.717) is 10.6 Å². The Kier molecular flexibility index (Phi) is 5.75. The minimum Gasteiger partial charge on any atom is -0.392 e. The van der Waals surface area contributed by atoms with E-state index >= 15 is 0 Å². The SMILES string of the molecule is CC(C)C(NC(=O)c1cc(Br)ccc1Br)C(N)=S. The average molecular weight is 394 g/mol. The highest BCUT2D eigenvalue weighted by atomic mass is 79.9. The summed E-state index contributed by atoms with van der Waals surface area (Å²) in [5, 5.41) is 2.84. The lowest BCUT2D eigenvalue weighted by molar-refractivity contribution is 0.0939. The van der Waals surface area contributed by atoms with Crippen LogP contribution in [0.15, 0.2) is 27.1 Å². The first kappa shape index (κ1) is 15.6. The van der Waals surface area contributed by atoms with Gasteiger partial charge in [-0.1, -0.05) is 42.0 Å². The zero-order valence-corrected chi connectivity index (χ0v) is 14.0. The van der Waals surface area contributed by atoms with Crippen molar-refractivity contribution in [3.05, 3.63) is 32.7 Å². The monoisotopic (exact) mass is 392 g/mol. The van der Waals surface area contributed by atoms with E-state index in [-0.39, 0.29) is 17.9 Å². The number of thiocarbonyl (C=S) groups is 1. The molecule has 1 aromatic carbocycles. The Labute approximate surface area is 129 Å². The lowest BCUT2D eigenvalue weighted by Crippen LogP contribution is -2.46. The van der Waals surface area contributed by atoms with Crippen LogP contribution in [-0.2, 0) is 0 Å². The topological polar surface area (TPSA) is 55.1 Å². The molecule has 0 saturated carbocycles. The molecule has 18 heavy (non-hydrogen) atoms. The minimum atomic E-state index is -0.307. The fourth-order valence-corrected chi connectivity index (χ4v) is 2.58. The Morgan fingerprint density at radius 3 is 2.50 bits per heavy atom. The standard InChI is InChI=1S/C12H14Br2N2OS/c1-6(2)10(11(15)18)16-12(17)8-5-7(13)3-4-9(8)14/h3-6,10H,1-2H3,(H2,15,18)(H,16,17). The molecule has 1 unspecified atom stereocenters. The van der Waals surface area contributed by atoms with E-state index < -0.39 is 0 Å². The van der Waals surface area contributed by atoms with Crippen molar-refractivity contribution in [1.82, 2.24) is 5.32 Å². The molecule has 0 saturated heterocycles. The molecule has 0 heterocycles. The van der Waals surface area contributed by atoms with Crippen LogP contribution in [0, 0.1) is 5.92 Å². The molecule has 0 fully saturated rings. The van der Waals surface area contributed by atoms with Gasteiger partial charge in [-0.05, 0) is 40.0 Å². The number of rotatable bonds is 4. The molecule has 3 N–H and O–H groups in total. The number of amides is 1. The van der Waals surface area contributed by atoms with Gasteiger partial charge < -0.3 is 11.1 Å². The van der Waals surface area contributed by atoms with Crippen molar-refractivity contribution in [2.24, 2.45) is 11.7 Å². The van der Waals surface area contributed by atoms with Crippen LogP contribution in [-0.4, -0.2) is 16.9 Å². The molecule has 0 aliphatic heterocycles. The maximum atomic E-state index is 12.2. The molecule has 1 aromatic rings. The van der Waals surface area contributed by atoms with Crippen LogP contribution in [0.5, 0.6) is 0 Å². The third-order valence-electron chi connectivity index (χ3n) is 2.43. The number of halogens is 2. The van der Waals surface area contributed by atoms with Crippen LogP contribution in [0.2, 0.25) is 0 Å². The molecule has 0 bridgehead atoms. The third-order valence-corrected chi connectivity index (χ3v) is 3.87. The van der Waals surface area contributed by atoms with E-state index in [2.05, 4.69) is 37.2 Å². The summed E-state index contributed by atoms with van der Waals surface area (Å²) in [6.45, 7) is 3.92. The highest BCUT2D eigenvalue weighted by Gasteiger charge is 2.20. The van der Waals surface area contributed by atoms with Gasteiger partial charge in [0, 0.05) is 8.95 Å². The second-order valence-corrected chi connectivity index (χ2v) is 6.46. The molecule has 1 atom stereocenters. The number of carbonyl (C=O) groups is 1. The molecule has 3 nitrogen and oxygen atoms in total. The predicted molar refractivity (Wildman–Crippen MR) is 84.7 cm³/mol. The summed E-state index contributed by atoms with van der Waals surface area (Å²) in [6.07, 6.45) is 0. The van der Waals surface area contributed by atoms with Gasteiger partial charge in [0.05, 0.1) is 16.6 Å². The second kappa shape index (κ2) is 6.63. The normalized spacial score (nSPS) is 12.3. The molecule has 98 valence electrons. The minimum absolute atomic E-state index is 0.150. The summed E-state index contributed by atoms with van der Waals surface area (Å²) in [5.41, 5.74) is 6.18. The fourth-order valence-electron chi connectivity index (χ4n) is 1.46. The first-order valence-corrected chi connectivity index (χ1v) is 7.37. The lowest BCUT2D eigenvalue weighted by atomic mass is 10.0. The Hall–Kier alpha value is -0.460. The van der Waals surface area contributed by atoms with Gasteiger partial charge in [-0.15, -0.1) is 0 Å². The van der Waals surface area contributed by atoms with Gasteiger partial charge >= 0.3 is 0 Å². The van der Waals surface area contributed by atoms with Gasteiger partial charge in [0.15, 0.2) is 0 Å². The van der Waals surface area contributed by atoms with E-state index in [1.165, 1.54) is 0 Å². The van der Waals surface area contributed by atoms with Crippen molar-refractivity contribution in [3.8, 4) is 0 Å². The van der Waals surface area contributed by atoms with Crippen LogP contribution in [0.1, 0.15) is 24.2 Å². The van der Waals surface area contributed by atoms with Gasteiger partial charge in [0.2, 0.25) is 0 Å². The van der Waals surface area contributed by atoms with Crippen molar-refractivity contribution in [1.29, 1.82) is 0 Å². The summed E-state index contributed by atoms with van der Waals surface area (Å²) in [6, 6.07) is 5.10. The highest BCUT2D eigenvalue weighted by molar-refractivity contribution is 9.11. The van der Waals surface area contributed by atoms with Crippen LogP contribution < -0.4 is 11.1 Å². The molecule has 1 rings (SSSR count). The number of hydrogen-bond acceptors (Lipinski definition) is 2. The van der Waals surface area contributed by atoms with Crippen molar-refractivity contribution < 1.29 is 4.79 Å². The number of nitrogens with two attached hydrogens (primary N) is 1. The number of benzene rings is 1. The maximum Gasteiger partial charge on any atom is 0.253 e. The van der Waals surface area contributed by atoms with E-state index in [0.717, 1.165) is 8.95 Å². The first-order valence-electron chi connectivity index (χ1n) is 5.38. The van der Waals surface area contributed by atoms with Gasteiger partial charge in [0.1, 0.15) is 0 Å². The van der Waals surface area contributed by atoms with Gasteiger partial charge in [-0.2, -0.15) is 0 Å². The van der Waals surface area contributed by atoms with Crippen molar-refractivity contribution in [2.45, 2.75) is 19.9 Å². The summed E-state index contributed by atoms with van der Waals surface area (Å²) in [4.78, 5) is 12.5. The number of hydrogen-bond donors (Lipinski definition) is 2. The molecule has 0 spiro atoms. The molecular formula is C12H14Br2N2OS. The predicted octanol–water partition coefficient (Wildman–Crippen LogP) is 3.25. The summed E-state index contributed by atoms with van der Waals surface area (Å²) in [7, 11) is 0. The van der Waals surface area contributed by atoms with Gasteiger partial charge in [-0.25, -0.2) is 0 Å². The van der Waals surface area contributed by atoms with Gasteiger partial charge in [0.25, 0.3) is 5.91 Å². The summed E-state index contributed by atoms with van der Waals surface area (Å²) >= 11 is 11.6. The second-order valence-electron chi connectivity index (χ2n) is 4.22. The summed E-state index contributed by atoms with van der Waals surface area (Å²) < 4.78 is 1.57. The lowest BCUT2D eigenvalue weighted by Gasteiger charge is -2.21. The van der Waals surface area contributed by atoms with Crippen molar-refractivity contribution in [3.63, 3.8) is 0 Å². The van der Waals surface area contributed by atoms with Crippen LogP contribution in [0.4, 0.5) is 0 Å². The van der Waals surface area contributed by atoms with E-state index in [1.54, 1.807) is 6.07 Å². The Morgan fingerprint density at radius 1 is 1.39 bits per heavy atom. The molecule has 0 aliphatic carbocycles. The molecule has 0 radical (unpaired) electrons. The molecule has 6 heteroatoms. The highest BCUT2D eigenvalue weighted by Crippen LogP contribution is 2.21. The van der Waals surface area contributed by atoms with Crippen molar-refractivity contribution in [2.75, 3.05) is 0 Å². The molecular weight excluding hydrogens is 380 g/mol. The molecule has 0 aliphatic rings. The van der Waals surface area contributed by atoms with Crippen LogP contribution >= 0.6 is 44.1 Å². The van der Waals surface area contributed by atoms with Crippen molar-refractivity contribution >= 4 is 55.0 Å². The first-order chi connectivity index (χ1) is 8.32. The van der Waals surface area contributed by atoms with Crippen LogP contribution in [0.3, 0.4) is 0 Å². The fraction of sp³-hybridized carbons (Fsp3) is 0.333. The zero-order valence-electron chi connectivity index (χ0n) is 10.0. The number of nitrogens with one attached hydrogen (secondary N) is 1. The van der Waals surface area contributed by atoms with Crippen LogP contribution in [0.25, 0.3) is 0 Å². The zero-order chi connectivity index (χ0) is 13.9. The third kappa shape index (κ3) is 4.03. The Morgan fingerprint density at radius 2 is 2.00 bits per heavy atom. The van der Waals surface area contributed by atoms with E-state index in [9.17, 15) is 4.79 Å². The summed E-state index contributed by atoms with van der Waals surface area (Å²) in [5.74, 6) is -0.0490. The maximum absolute atomic E-state index is 12.2. The molecule has 0 aromatic heterocycles. The number of carbonyl (C=O) groups excluding carboxylic acids is 1. The van der Waals surface area contributed by atoms with Gasteiger partial charge in [-0.3, -0.25) is 4.79 Å². The van der Waals surface area contributed by atoms with E-state index in [4.69, 9.17) is 18.0 Å². The largest absolute Gasteiger partial charge is 0.392 e.